The molecule has 0 spiro atoms. The fourth-order valence-corrected chi connectivity index (χ4v) is 2.83. The Balaban J connectivity index is 1.75. The number of anilines is 3. The number of ether oxygens (including phenoxy) is 1. The van der Waals surface area contributed by atoms with E-state index in [-0.39, 0.29) is 24.3 Å². The maximum absolute atomic E-state index is 12.4. The number of rotatable bonds is 3. The standard InChI is InChI=1S/C18H16N6O2/c19-17-13(8-22-18(20)23-17)11-4-5-15-14(7-11)24(16(25)10-26-15)9-12-3-1-2-6-21-12/h1-8H,9-10H2,(H4,19,20,22,23). The van der Waals surface area contributed by atoms with Gasteiger partial charge in [-0.3, -0.25) is 14.7 Å². The van der Waals surface area contributed by atoms with Gasteiger partial charge in [-0.25, -0.2) is 4.98 Å². The van der Waals surface area contributed by atoms with E-state index in [1.165, 1.54) is 0 Å². The number of hydrogen-bond donors (Lipinski definition) is 2. The van der Waals surface area contributed by atoms with E-state index in [0.717, 1.165) is 11.3 Å². The number of carbonyl (C=O) groups is 1. The van der Waals surface area contributed by atoms with E-state index in [0.29, 0.717) is 23.5 Å². The van der Waals surface area contributed by atoms with Crippen molar-refractivity contribution in [3.8, 4) is 16.9 Å². The molecule has 8 heteroatoms. The zero-order valence-corrected chi connectivity index (χ0v) is 13.8. The van der Waals surface area contributed by atoms with E-state index >= 15 is 0 Å². The monoisotopic (exact) mass is 348 g/mol. The van der Waals surface area contributed by atoms with Gasteiger partial charge < -0.3 is 16.2 Å². The van der Waals surface area contributed by atoms with Crippen LogP contribution in [0.3, 0.4) is 0 Å². The molecule has 1 aliphatic rings. The van der Waals surface area contributed by atoms with E-state index in [1.807, 2.05) is 30.3 Å². The molecule has 8 nitrogen and oxygen atoms in total. The summed E-state index contributed by atoms with van der Waals surface area (Å²) in [5.74, 6) is 0.873. The van der Waals surface area contributed by atoms with Gasteiger partial charge in [0.15, 0.2) is 6.61 Å². The van der Waals surface area contributed by atoms with Gasteiger partial charge in [-0.05, 0) is 29.8 Å². The molecule has 1 amide bonds. The molecule has 0 saturated heterocycles. The Morgan fingerprint density at radius 2 is 2.04 bits per heavy atom. The van der Waals surface area contributed by atoms with Crippen molar-refractivity contribution in [2.45, 2.75) is 6.54 Å². The van der Waals surface area contributed by atoms with E-state index in [9.17, 15) is 4.79 Å². The molecule has 130 valence electrons. The number of benzene rings is 1. The second-order valence-corrected chi connectivity index (χ2v) is 5.80. The molecule has 2 aromatic heterocycles. The second kappa shape index (κ2) is 6.32. The zero-order valence-electron chi connectivity index (χ0n) is 13.8. The first kappa shape index (κ1) is 15.8. The number of fused-ring (bicyclic) bond motifs is 1. The van der Waals surface area contributed by atoms with Gasteiger partial charge in [-0.2, -0.15) is 4.98 Å². The molecule has 0 bridgehead atoms. The Hall–Kier alpha value is -3.68. The van der Waals surface area contributed by atoms with Crippen LogP contribution in [0.25, 0.3) is 11.1 Å². The van der Waals surface area contributed by atoms with Gasteiger partial charge in [-0.1, -0.05) is 12.1 Å². The Kier molecular flexibility index (Phi) is 3.85. The largest absolute Gasteiger partial charge is 0.482 e. The quantitative estimate of drug-likeness (QED) is 0.738. The molecule has 0 aliphatic carbocycles. The molecule has 4 N–H and O–H groups in total. The van der Waals surface area contributed by atoms with Crippen LogP contribution < -0.4 is 21.1 Å². The second-order valence-electron chi connectivity index (χ2n) is 5.80. The Morgan fingerprint density at radius 3 is 2.81 bits per heavy atom. The summed E-state index contributed by atoms with van der Waals surface area (Å²) < 4.78 is 5.55. The lowest BCUT2D eigenvalue weighted by Gasteiger charge is -2.29. The highest BCUT2D eigenvalue weighted by atomic mass is 16.5. The molecule has 3 aromatic rings. The predicted molar refractivity (Wildman–Crippen MR) is 97.2 cm³/mol. The van der Waals surface area contributed by atoms with Crippen LogP contribution in [-0.2, 0) is 11.3 Å². The van der Waals surface area contributed by atoms with Crippen LogP contribution in [0.2, 0.25) is 0 Å². The lowest BCUT2D eigenvalue weighted by molar-refractivity contribution is -0.121. The van der Waals surface area contributed by atoms with Gasteiger partial charge in [0, 0.05) is 18.0 Å². The highest BCUT2D eigenvalue weighted by Crippen LogP contribution is 2.37. The highest BCUT2D eigenvalue weighted by molar-refractivity contribution is 5.98. The molecule has 0 fully saturated rings. The van der Waals surface area contributed by atoms with Crippen molar-refractivity contribution >= 4 is 23.4 Å². The molecule has 0 atom stereocenters. The third kappa shape index (κ3) is 2.88. The average Bonchev–Trinajstić information content (AvgIpc) is 2.65. The van der Waals surface area contributed by atoms with Gasteiger partial charge >= 0.3 is 0 Å². The van der Waals surface area contributed by atoms with Crippen molar-refractivity contribution in [3.63, 3.8) is 0 Å². The number of aromatic nitrogens is 3. The third-order valence-corrected chi connectivity index (χ3v) is 4.10. The van der Waals surface area contributed by atoms with Gasteiger partial charge in [0.2, 0.25) is 5.95 Å². The van der Waals surface area contributed by atoms with Gasteiger partial charge in [0.25, 0.3) is 5.91 Å². The Labute approximate surface area is 149 Å². The van der Waals surface area contributed by atoms with Crippen molar-refractivity contribution < 1.29 is 9.53 Å². The third-order valence-electron chi connectivity index (χ3n) is 4.10. The highest BCUT2D eigenvalue weighted by Gasteiger charge is 2.26. The number of nitrogens with zero attached hydrogens (tertiary/aromatic N) is 4. The molecule has 0 unspecified atom stereocenters. The van der Waals surface area contributed by atoms with Crippen molar-refractivity contribution in [1.29, 1.82) is 0 Å². The molecular weight excluding hydrogens is 332 g/mol. The summed E-state index contributed by atoms with van der Waals surface area (Å²) in [5, 5.41) is 0. The molecular formula is C18H16N6O2. The molecule has 0 saturated carbocycles. The van der Waals surface area contributed by atoms with E-state index in [4.69, 9.17) is 16.2 Å². The minimum absolute atomic E-state index is 0.00764. The van der Waals surface area contributed by atoms with Crippen LogP contribution in [0.1, 0.15) is 5.69 Å². The lowest BCUT2D eigenvalue weighted by atomic mass is 10.1. The summed E-state index contributed by atoms with van der Waals surface area (Å²) in [4.78, 5) is 26.4. The fraction of sp³-hybridized carbons (Fsp3) is 0.111. The van der Waals surface area contributed by atoms with E-state index in [2.05, 4.69) is 15.0 Å². The number of nitrogens with two attached hydrogens (primary N) is 2. The van der Waals surface area contributed by atoms with Gasteiger partial charge in [0.1, 0.15) is 11.6 Å². The summed E-state index contributed by atoms with van der Waals surface area (Å²) in [5.41, 5.74) is 14.4. The summed E-state index contributed by atoms with van der Waals surface area (Å²) in [6, 6.07) is 11.1. The first-order chi connectivity index (χ1) is 12.6. The topological polar surface area (TPSA) is 120 Å². The van der Waals surface area contributed by atoms with Crippen molar-refractivity contribution in [2.75, 3.05) is 23.0 Å². The number of hydrogen-bond acceptors (Lipinski definition) is 7. The fourth-order valence-electron chi connectivity index (χ4n) is 2.83. The maximum atomic E-state index is 12.4. The number of pyridine rings is 1. The zero-order chi connectivity index (χ0) is 18.1. The average molecular weight is 348 g/mol. The molecule has 0 radical (unpaired) electrons. The number of nitrogen functional groups attached to an aromatic ring is 2. The normalized spacial score (nSPS) is 13.2. The van der Waals surface area contributed by atoms with Crippen LogP contribution >= 0.6 is 0 Å². The molecule has 1 aliphatic heterocycles. The molecule has 4 rings (SSSR count). The van der Waals surface area contributed by atoms with E-state index < -0.39 is 0 Å². The minimum atomic E-state index is -0.137. The van der Waals surface area contributed by atoms with Crippen LogP contribution in [0, 0.1) is 0 Å². The lowest BCUT2D eigenvalue weighted by Crippen LogP contribution is -2.38. The van der Waals surface area contributed by atoms with Crippen molar-refractivity contribution in [3.05, 3.63) is 54.5 Å². The first-order valence-electron chi connectivity index (χ1n) is 7.97. The molecule has 3 heterocycles. The number of carbonyl (C=O) groups excluding carboxylic acids is 1. The summed E-state index contributed by atoms with van der Waals surface area (Å²) in [7, 11) is 0. The van der Waals surface area contributed by atoms with Gasteiger partial charge in [0.05, 0.1) is 17.9 Å². The van der Waals surface area contributed by atoms with Crippen LogP contribution in [-0.4, -0.2) is 27.5 Å². The Bertz CT molecular complexity index is 977. The van der Waals surface area contributed by atoms with Gasteiger partial charge in [-0.15, -0.1) is 0 Å². The SMILES string of the molecule is Nc1ncc(-c2ccc3c(c2)N(Cc2ccccn2)C(=O)CO3)c(N)n1. The summed E-state index contributed by atoms with van der Waals surface area (Å²) in [6.45, 7) is 0.347. The summed E-state index contributed by atoms with van der Waals surface area (Å²) in [6.07, 6.45) is 3.26. The first-order valence-corrected chi connectivity index (χ1v) is 7.97. The Morgan fingerprint density at radius 1 is 1.15 bits per heavy atom. The molecule has 26 heavy (non-hydrogen) atoms. The maximum Gasteiger partial charge on any atom is 0.265 e. The molecule has 1 aromatic carbocycles. The van der Waals surface area contributed by atoms with Crippen LogP contribution in [0.15, 0.2) is 48.8 Å². The summed E-state index contributed by atoms with van der Waals surface area (Å²) >= 11 is 0. The smallest absolute Gasteiger partial charge is 0.265 e. The minimum Gasteiger partial charge on any atom is -0.482 e. The van der Waals surface area contributed by atoms with Crippen molar-refractivity contribution in [1.82, 2.24) is 15.0 Å². The van der Waals surface area contributed by atoms with Crippen LogP contribution in [0.4, 0.5) is 17.5 Å². The van der Waals surface area contributed by atoms with Crippen LogP contribution in [0.5, 0.6) is 5.75 Å². The van der Waals surface area contributed by atoms with E-state index in [1.54, 1.807) is 23.4 Å². The van der Waals surface area contributed by atoms with Crippen molar-refractivity contribution in [2.24, 2.45) is 0 Å². The number of amides is 1. The predicted octanol–water partition coefficient (Wildman–Crippen LogP) is 1.63.